The maximum Gasteiger partial charge on any atom is 0.0273 e. The van der Waals surface area contributed by atoms with Crippen molar-refractivity contribution in [2.75, 3.05) is 0 Å². The van der Waals surface area contributed by atoms with Gasteiger partial charge in [-0.2, -0.15) is 0 Å². The van der Waals surface area contributed by atoms with E-state index in [1.807, 2.05) is 74.4 Å². The zero-order valence-corrected chi connectivity index (χ0v) is 32.5. The first-order valence-corrected chi connectivity index (χ1v) is 19.7. The molecule has 282 valence electrons. The van der Waals surface area contributed by atoms with Crippen molar-refractivity contribution in [3.8, 4) is 100 Å². The fourth-order valence-corrected chi connectivity index (χ4v) is 7.78. The van der Waals surface area contributed by atoms with Crippen LogP contribution in [0.25, 0.3) is 100 Å². The smallest absolute Gasteiger partial charge is 0.0273 e. The Hall–Kier alpha value is -8.22. The van der Waals surface area contributed by atoms with E-state index in [0.29, 0.717) is 0 Å². The summed E-state index contributed by atoms with van der Waals surface area (Å²) in [6.45, 7) is 0. The molecule has 0 unspecified atom stereocenters. The first-order chi connectivity index (χ1) is 29.7. The lowest BCUT2D eigenvalue weighted by Gasteiger charge is -2.17. The monoisotopic (exact) mass is 768 g/mol. The van der Waals surface area contributed by atoms with Crippen molar-refractivity contribution in [1.29, 1.82) is 0 Å². The maximum absolute atomic E-state index is 4.32. The van der Waals surface area contributed by atoms with Crippen molar-refractivity contribution in [2.24, 2.45) is 0 Å². The Morgan fingerprint density at radius 1 is 0.133 bits per heavy atom. The van der Waals surface area contributed by atoms with Crippen LogP contribution < -0.4 is 0 Å². The van der Waals surface area contributed by atoms with Gasteiger partial charge in [0.25, 0.3) is 0 Å². The Morgan fingerprint density at radius 3 is 0.350 bits per heavy atom. The van der Waals surface area contributed by atoms with Crippen molar-refractivity contribution in [3.05, 3.63) is 220 Å². The molecule has 6 aromatic heterocycles. The standard InChI is InChI=1S/C54H36N6/c1-13-55-14-2-37(1)43-25-44(38-3-15-56-16-4-38)29-49(28-43)52-34-53(50-30-45(39-5-17-57-18-6-39)26-46(31-50)40-7-19-58-20-8-40)36-54(35-52)51-32-47(41-9-21-59-22-10-41)27-48(33-51)42-11-23-60-24-12-42/h1-36H. The normalized spacial score (nSPS) is 11.0. The molecule has 0 spiro atoms. The molecule has 0 fully saturated rings. The molecule has 60 heavy (non-hydrogen) atoms. The Bertz CT molecular complexity index is 2530. The molecule has 0 saturated carbocycles. The maximum atomic E-state index is 4.32. The van der Waals surface area contributed by atoms with Gasteiger partial charge in [0.1, 0.15) is 0 Å². The fourth-order valence-electron chi connectivity index (χ4n) is 7.78. The molecular formula is C54H36N6. The molecule has 0 amide bonds. The zero-order chi connectivity index (χ0) is 40.1. The lowest BCUT2D eigenvalue weighted by molar-refractivity contribution is 1.32. The molecule has 6 nitrogen and oxygen atoms in total. The highest BCUT2D eigenvalue weighted by atomic mass is 14.6. The van der Waals surface area contributed by atoms with Gasteiger partial charge in [-0.15, -0.1) is 0 Å². The highest BCUT2D eigenvalue weighted by Gasteiger charge is 2.15. The summed E-state index contributed by atoms with van der Waals surface area (Å²) in [5.41, 5.74) is 19.8. The Morgan fingerprint density at radius 2 is 0.233 bits per heavy atom. The largest absolute Gasteiger partial charge is 0.265 e. The van der Waals surface area contributed by atoms with E-state index in [9.17, 15) is 0 Å². The average molecular weight is 769 g/mol. The number of pyridine rings is 6. The van der Waals surface area contributed by atoms with Crippen LogP contribution >= 0.6 is 0 Å². The van der Waals surface area contributed by atoms with Crippen LogP contribution in [-0.2, 0) is 0 Å². The van der Waals surface area contributed by atoms with E-state index in [0.717, 1.165) is 100 Å². The molecule has 0 aliphatic carbocycles. The van der Waals surface area contributed by atoms with Crippen LogP contribution in [0.3, 0.4) is 0 Å². The van der Waals surface area contributed by atoms with Crippen molar-refractivity contribution >= 4 is 0 Å². The summed E-state index contributed by atoms with van der Waals surface area (Å²) in [6, 6.07) is 52.2. The van der Waals surface area contributed by atoms with Crippen molar-refractivity contribution < 1.29 is 0 Å². The lowest BCUT2D eigenvalue weighted by Crippen LogP contribution is -1.92. The van der Waals surface area contributed by atoms with E-state index in [1.165, 1.54) is 0 Å². The van der Waals surface area contributed by atoms with E-state index in [4.69, 9.17) is 0 Å². The summed E-state index contributed by atoms with van der Waals surface area (Å²) in [7, 11) is 0. The molecule has 0 N–H and O–H groups in total. The number of aromatic nitrogens is 6. The second-order valence-electron chi connectivity index (χ2n) is 14.6. The molecule has 0 aliphatic rings. The molecule has 10 rings (SSSR count). The van der Waals surface area contributed by atoms with Gasteiger partial charge in [-0.3, -0.25) is 29.9 Å². The Labute approximate surface area is 348 Å². The third-order valence-corrected chi connectivity index (χ3v) is 10.8. The topological polar surface area (TPSA) is 77.3 Å². The van der Waals surface area contributed by atoms with Gasteiger partial charge in [0.05, 0.1) is 0 Å². The van der Waals surface area contributed by atoms with Gasteiger partial charge >= 0.3 is 0 Å². The van der Waals surface area contributed by atoms with Crippen molar-refractivity contribution in [2.45, 2.75) is 0 Å². The number of hydrogen-bond donors (Lipinski definition) is 0. The highest BCUT2D eigenvalue weighted by Crippen LogP contribution is 2.41. The molecule has 0 aliphatic heterocycles. The second kappa shape index (κ2) is 16.3. The number of hydrogen-bond acceptors (Lipinski definition) is 6. The summed E-state index contributed by atoms with van der Waals surface area (Å²) >= 11 is 0. The number of nitrogens with zero attached hydrogens (tertiary/aromatic N) is 6. The van der Waals surface area contributed by atoms with Crippen LogP contribution in [0.4, 0.5) is 0 Å². The third-order valence-electron chi connectivity index (χ3n) is 10.8. The second-order valence-corrected chi connectivity index (χ2v) is 14.6. The molecule has 0 saturated heterocycles. The summed E-state index contributed by atoms with van der Waals surface area (Å²) in [4.78, 5) is 25.9. The minimum absolute atomic E-state index is 1.09. The first kappa shape index (κ1) is 36.1. The van der Waals surface area contributed by atoms with Crippen LogP contribution in [0.5, 0.6) is 0 Å². The summed E-state index contributed by atoms with van der Waals surface area (Å²) < 4.78 is 0. The van der Waals surface area contributed by atoms with Crippen LogP contribution in [0.15, 0.2) is 220 Å². The first-order valence-electron chi connectivity index (χ1n) is 19.7. The molecule has 6 heterocycles. The van der Waals surface area contributed by atoms with Gasteiger partial charge in [0, 0.05) is 74.4 Å². The third kappa shape index (κ3) is 7.73. The van der Waals surface area contributed by atoms with Gasteiger partial charge in [-0.1, -0.05) is 0 Å². The highest BCUT2D eigenvalue weighted by molar-refractivity contribution is 5.90. The Kier molecular flexibility index (Phi) is 9.84. The van der Waals surface area contributed by atoms with E-state index in [2.05, 4.69) is 175 Å². The van der Waals surface area contributed by atoms with E-state index >= 15 is 0 Å². The fraction of sp³-hybridized carbons (Fsp3) is 0. The van der Waals surface area contributed by atoms with E-state index in [-0.39, 0.29) is 0 Å². The SMILES string of the molecule is c1cc(-c2cc(-c3ccncc3)cc(-c3cc(-c4cc(-c5ccncc5)cc(-c5ccncc5)c4)cc(-c4cc(-c5ccncc5)cc(-c5ccncc5)c4)c3)c2)ccn1. The summed E-state index contributed by atoms with van der Waals surface area (Å²) in [5, 5.41) is 0. The zero-order valence-electron chi connectivity index (χ0n) is 32.5. The van der Waals surface area contributed by atoms with Gasteiger partial charge in [-0.25, -0.2) is 0 Å². The lowest BCUT2D eigenvalue weighted by atomic mass is 9.87. The minimum atomic E-state index is 1.09. The van der Waals surface area contributed by atoms with Gasteiger partial charge in [-0.05, 0) is 246 Å². The molecule has 0 atom stereocenters. The average Bonchev–Trinajstić information content (AvgIpc) is 3.35. The minimum Gasteiger partial charge on any atom is -0.265 e. The van der Waals surface area contributed by atoms with Crippen LogP contribution in [0, 0.1) is 0 Å². The van der Waals surface area contributed by atoms with E-state index in [1.54, 1.807) is 0 Å². The molecular weight excluding hydrogens is 733 g/mol. The Balaban J connectivity index is 1.24. The van der Waals surface area contributed by atoms with Crippen LogP contribution in [-0.4, -0.2) is 29.9 Å². The molecule has 6 heteroatoms. The number of rotatable bonds is 9. The van der Waals surface area contributed by atoms with Gasteiger partial charge in [0.2, 0.25) is 0 Å². The van der Waals surface area contributed by atoms with Gasteiger partial charge < -0.3 is 0 Å². The van der Waals surface area contributed by atoms with E-state index < -0.39 is 0 Å². The van der Waals surface area contributed by atoms with Crippen molar-refractivity contribution in [1.82, 2.24) is 29.9 Å². The van der Waals surface area contributed by atoms with Crippen LogP contribution in [0.2, 0.25) is 0 Å². The van der Waals surface area contributed by atoms with Crippen LogP contribution in [0.1, 0.15) is 0 Å². The van der Waals surface area contributed by atoms with Gasteiger partial charge in [0.15, 0.2) is 0 Å². The predicted molar refractivity (Wildman–Crippen MR) is 242 cm³/mol. The molecule has 4 aromatic carbocycles. The summed E-state index contributed by atoms with van der Waals surface area (Å²) in [5.74, 6) is 0. The molecule has 0 radical (unpaired) electrons. The quantitative estimate of drug-likeness (QED) is 0.145. The molecule has 10 aromatic rings. The molecule has 0 bridgehead atoms. The predicted octanol–water partition coefficient (Wildman–Crippen LogP) is 13.1. The number of benzene rings is 4. The van der Waals surface area contributed by atoms with Crippen molar-refractivity contribution in [3.63, 3.8) is 0 Å². The summed E-state index contributed by atoms with van der Waals surface area (Å²) in [6.07, 6.45) is 22.2.